The molecule has 196 valence electrons. The first-order chi connectivity index (χ1) is 17.9. The van der Waals surface area contributed by atoms with Crippen LogP contribution in [0, 0.1) is 6.92 Å². The minimum atomic E-state index is -0.618. The number of benzene rings is 3. The molecule has 0 saturated carbocycles. The van der Waals surface area contributed by atoms with Gasteiger partial charge in [-0.15, -0.1) is 11.8 Å². The second-order valence-corrected chi connectivity index (χ2v) is 10.9. The molecule has 1 atom stereocenters. The lowest BCUT2D eigenvalue weighted by Gasteiger charge is -2.31. The predicted octanol–water partition coefficient (Wildman–Crippen LogP) is 7.09. The summed E-state index contributed by atoms with van der Waals surface area (Å²) in [5.41, 5.74) is 4.08. The quantitative estimate of drug-likeness (QED) is 0.228. The van der Waals surface area contributed by atoms with Crippen molar-refractivity contribution < 1.29 is 9.59 Å². The number of unbranched alkanes of at least 4 members (excludes halogenated alkanes) is 1. The van der Waals surface area contributed by atoms with Gasteiger partial charge >= 0.3 is 0 Å². The van der Waals surface area contributed by atoms with E-state index >= 15 is 0 Å². The Hall–Kier alpha value is -2.47. The maximum Gasteiger partial charge on any atom is 0.243 e. The lowest BCUT2D eigenvalue weighted by molar-refractivity contribution is -0.139. The molecule has 0 bridgehead atoms. The number of halogens is 2. The van der Waals surface area contributed by atoms with Crippen LogP contribution in [0.1, 0.15) is 42.0 Å². The maximum atomic E-state index is 13.7. The van der Waals surface area contributed by atoms with E-state index in [9.17, 15) is 9.59 Å². The molecule has 3 rings (SSSR count). The van der Waals surface area contributed by atoms with Gasteiger partial charge in [0.25, 0.3) is 0 Å². The maximum absolute atomic E-state index is 13.7. The molecule has 3 aromatic rings. The van der Waals surface area contributed by atoms with Crippen LogP contribution in [0.2, 0.25) is 10.0 Å². The summed E-state index contributed by atoms with van der Waals surface area (Å²) in [5, 5.41) is 4.22. The van der Waals surface area contributed by atoms with Crippen LogP contribution in [0.4, 0.5) is 0 Å². The molecule has 0 heterocycles. The fourth-order valence-corrected chi connectivity index (χ4v) is 5.39. The predicted molar refractivity (Wildman–Crippen MR) is 156 cm³/mol. The molecule has 0 fully saturated rings. The van der Waals surface area contributed by atoms with Gasteiger partial charge in [-0.2, -0.15) is 0 Å². The van der Waals surface area contributed by atoms with E-state index in [-0.39, 0.29) is 17.6 Å². The molecule has 3 aromatic carbocycles. The molecule has 0 spiro atoms. The Bertz CT molecular complexity index is 1160. The Labute approximate surface area is 234 Å². The van der Waals surface area contributed by atoms with Gasteiger partial charge < -0.3 is 10.2 Å². The smallest absolute Gasteiger partial charge is 0.243 e. The highest BCUT2D eigenvalue weighted by atomic mass is 35.5. The highest BCUT2D eigenvalue weighted by Crippen LogP contribution is 2.25. The van der Waals surface area contributed by atoms with Gasteiger partial charge in [0.15, 0.2) is 0 Å². The largest absolute Gasteiger partial charge is 0.354 e. The molecular formula is C30H34Cl2N2O2S. The molecule has 4 nitrogen and oxygen atoms in total. The average Bonchev–Trinajstić information content (AvgIpc) is 2.89. The number of nitrogens with zero attached hydrogens (tertiary/aromatic N) is 1. The van der Waals surface area contributed by atoms with Crippen LogP contribution >= 0.6 is 35.0 Å². The number of thioether (sulfide) groups is 1. The highest BCUT2D eigenvalue weighted by molar-refractivity contribution is 7.99. The number of carbonyl (C=O) groups excluding carboxylic acids is 2. The summed E-state index contributed by atoms with van der Waals surface area (Å²) < 4.78 is 0. The van der Waals surface area contributed by atoms with E-state index < -0.39 is 6.04 Å². The molecule has 37 heavy (non-hydrogen) atoms. The van der Waals surface area contributed by atoms with E-state index in [0.29, 0.717) is 35.3 Å². The summed E-state index contributed by atoms with van der Waals surface area (Å²) in [4.78, 5) is 28.9. The Kier molecular flexibility index (Phi) is 11.8. The Morgan fingerprint density at radius 3 is 2.38 bits per heavy atom. The van der Waals surface area contributed by atoms with Crippen molar-refractivity contribution in [1.82, 2.24) is 10.2 Å². The molecule has 0 aliphatic carbocycles. The zero-order valence-electron chi connectivity index (χ0n) is 21.4. The van der Waals surface area contributed by atoms with Crippen LogP contribution in [-0.4, -0.2) is 35.1 Å². The van der Waals surface area contributed by atoms with Gasteiger partial charge in [0.1, 0.15) is 6.04 Å². The van der Waals surface area contributed by atoms with Crippen LogP contribution in [0.3, 0.4) is 0 Å². The van der Waals surface area contributed by atoms with Gasteiger partial charge in [-0.3, -0.25) is 9.59 Å². The van der Waals surface area contributed by atoms with Crippen molar-refractivity contribution in [3.8, 4) is 0 Å². The summed E-state index contributed by atoms with van der Waals surface area (Å²) in [6.45, 7) is 5.08. The molecule has 7 heteroatoms. The van der Waals surface area contributed by atoms with Crippen LogP contribution in [0.25, 0.3) is 0 Å². The fourth-order valence-electron chi connectivity index (χ4n) is 3.92. The van der Waals surface area contributed by atoms with Gasteiger partial charge in [0, 0.05) is 35.3 Å². The minimum absolute atomic E-state index is 0.0813. The van der Waals surface area contributed by atoms with Crippen molar-refractivity contribution in [3.63, 3.8) is 0 Å². The third-order valence-electron chi connectivity index (χ3n) is 6.07. The first-order valence-corrected chi connectivity index (χ1v) is 14.5. The average molecular weight is 558 g/mol. The number of rotatable bonds is 13. The number of amides is 2. The molecule has 0 saturated heterocycles. The molecule has 2 amide bonds. The van der Waals surface area contributed by atoms with E-state index in [0.717, 1.165) is 35.1 Å². The lowest BCUT2D eigenvalue weighted by atomic mass is 10.0. The number of hydrogen-bond donors (Lipinski definition) is 1. The molecule has 0 aliphatic rings. The Balaban J connectivity index is 1.83. The van der Waals surface area contributed by atoms with E-state index in [1.165, 1.54) is 11.8 Å². The number of hydrogen-bond acceptors (Lipinski definition) is 3. The monoisotopic (exact) mass is 556 g/mol. The molecule has 0 aliphatic heterocycles. The minimum Gasteiger partial charge on any atom is -0.354 e. The van der Waals surface area contributed by atoms with Crippen molar-refractivity contribution in [2.75, 3.05) is 12.3 Å². The summed E-state index contributed by atoms with van der Waals surface area (Å²) in [6.07, 6.45) is 2.33. The molecule has 0 radical (unpaired) electrons. The SMILES string of the molecule is CCCCNC(=O)[C@@H](Cc1ccccc1)N(Cc1ccc(C)cc1)C(=O)CSCc1ccc(Cl)cc1Cl. The molecular weight excluding hydrogens is 523 g/mol. The summed E-state index contributed by atoms with van der Waals surface area (Å²) in [6, 6.07) is 22.7. The second-order valence-electron chi connectivity index (χ2n) is 9.09. The molecule has 0 aromatic heterocycles. The van der Waals surface area contributed by atoms with E-state index in [4.69, 9.17) is 23.2 Å². The number of carbonyl (C=O) groups is 2. The Morgan fingerprint density at radius 1 is 0.973 bits per heavy atom. The van der Waals surface area contributed by atoms with Gasteiger partial charge in [0.2, 0.25) is 11.8 Å². The zero-order chi connectivity index (χ0) is 26.6. The van der Waals surface area contributed by atoms with Crippen LogP contribution in [0.15, 0.2) is 72.8 Å². The lowest BCUT2D eigenvalue weighted by Crippen LogP contribution is -2.51. The van der Waals surface area contributed by atoms with Crippen LogP contribution in [-0.2, 0) is 28.3 Å². The van der Waals surface area contributed by atoms with Crippen molar-refractivity contribution in [2.45, 2.75) is 51.4 Å². The number of aryl methyl sites for hydroxylation is 1. The van der Waals surface area contributed by atoms with Crippen molar-refractivity contribution in [1.29, 1.82) is 0 Å². The first kappa shape index (κ1) is 29.1. The highest BCUT2D eigenvalue weighted by Gasteiger charge is 2.30. The first-order valence-electron chi connectivity index (χ1n) is 12.6. The third kappa shape index (κ3) is 9.41. The Morgan fingerprint density at radius 2 is 1.70 bits per heavy atom. The number of nitrogens with one attached hydrogen (secondary N) is 1. The summed E-state index contributed by atoms with van der Waals surface area (Å²) >= 11 is 13.8. The topological polar surface area (TPSA) is 49.4 Å². The van der Waals surface area contributed by atoms with Crippen LogP contribution < -0.4 is 5.32 Å². The fraction of sp³-hybridized carbons (Fsp3) is 0.333. The summed E-state index contributed by atoms with van der Waals surface area (Å²) in [7, 11) is 0. The molecule has 1 N–H and O–H groups in total. The van der Waals surface area contributed by atoms with E-state index in [1.807, 2.05) is 67.6 Å². The van der Waals surface area contributed by atoms with Gasteiger partial charge in [-0.1, -0.05) is 103 Å². The van der Waals surface area contributed by atoms with Gasteiger partial charge in [-0.05, 0) is 42.2 Å². The molecule has 0 unspecified atom stereocenters. The standard InChI is InChI=1S/C30H34Cl2N2O2S/c1-3-4-16-33-30(36)28(17-23-8-6-5-7-9-23)34(19-24-12-10-22(2)11-13-24)29(35)21-37-20-25-14-15-26(31)18-27(25)32/h5-15,18,28H,3-4,16-17,19-21H2,1-2H3,(H,33,36)/t28-/m1/s1. The van der Waals surface area contributed by atoms with Crippen molar-refractivity contribution in [3.05, 3.63) is 105 Å². The van der Waals surface area contributed by atoms with Crippen molar-refractivity contribution >= 4 is 46.8 Å². The van der Waals surface area contributed by atoms with Crippen molar-refractivity contribution in [2.24, 2.45) is 0 Å². The zero-order valence-corrected chi connectivity index (χ0v) is 23.7. The third-order valence-corrected chi connectivity index (χ3v) is 7.63. The normalized spacial score (nSPS) is 11.7. The van der Waals surface area contributed by atoms with E-state index in [2.05, 4.69) is 12.2 Å². The van der Waals surface area contributed by atoms with Crippen LogP contribution in [0.5, 0.6) is 0 Å². The van der Waals surface area contributed by atoms with Gasteiger partial charge in [0.05, 0.1) is 5.75 Å². The van der Waals surface area contributed by atoms with E-state index in [1.54, 1.807) is 17.0 Å². The van der Waals surface area contributed by atoms with Gasteiger partial charge in [-0.25, -0.2) is 0 Å². The summed E-state index contributed by atoms with van der Waals surface area (Å²) in [5.74, 6) is 0.607. The second kappa shape index (κ2) is 15.1.